The first-order valence-electron chi connectivity index (χ1n) is 9.63. The highest BCUT2D eigenvalue weighted by Crippen LogP contribution is 2.35. The standard InChI is InChI=1S/C23H23FN2O2/c24-17-8-10-22-20(13-17)16-5-3-4-15(12-16)19(6-1-2-7-23(28)26-22)21-11-9-18(27)14-25-21/h3-5,8-14,19,21,25,27H,1-2,6-7H2,(H,26,28). The summed E-state index contributed by atoms with van der Waals surface area (Å²) < 4.78 is 14.0. The molecule has 2 heterocycles. The Hall–Kier alpha value is -3.08. The third kappa shape index (κ3) is 3.93. The van der Waals surface area contributed by atoms with Gasteiger partial charge in [-0.05, 0) is 48.2 Å². The number of anilines is 1. The van der Waals surface area contributed by atoms with Gasteiger partial charge in [-0.25, -0.2) is 4.39 Å². The van der Waals surface area contributed by atoms with Crippen molar-refractivity contribution in [2.24, 2.45) is 0 Å². The van der Waals surface area contributed by atoms with Crippen molar-refractivity contribution in [3.05, 3.63) is 78.0 Å². The molecule has 144 valence electrons. The van der Waals surface area contributed by atoms with Gasteiger partial charge in [0.25, 0.3) is 0 Å². The van der Waals surface area contributed by atoms with Crippen molar-refractivity contribution < 1.29 is 14.3 Å². The Morgan fingerprint density at radius 3 is 2.82 bits per heavy atom. The molecule has 2 unspecified atom stereocenters. The number of amides is 1. The number of nitrogens with one attached hydrogen (secondary N) is 2. The number of hydrogen-bond donors (Lipinski definition) is 3. The molecule has 0 spiro atoms. The van der Waals surface area contributed by atoms with E-state index in [1.54, 1.807) is 18.3 Å². The molecule has 0 radical (unpaired) electrons. The fourth-order valence-electron chi connectivity index (χ4n) is 3.96. The van der Waals surface area contributed by atoms with Crippen LogP contribution in [0.5, 0.6) is 0 Å². The molecular weight excluding hydrogens is 355 g/mol. The van der Waals surface area contributed by atoms with Crippen LogP contribution < -0.4 is 10.6 Å². The van der Waals surface area contributed by atoms with Crippen LogP contribution in [0.3, 0.4) is 0 Å². The SMILES string of the molecule is O=C1CCCCC(C2C=CC(O)=CN2)c2cccc(c2)-c2cc(F)ccc2N1. The summed E-state index contributed by atoms with van der Waals surface area (Å²) in [6.07, 6.45) is 8.34. The maximum atomic E-state index is 14.0. The quantitative estimate of drug-likeness (QED) is 0.653. The third-order valence-corrected chi connectivity index (χ3v) is 5.38. The number of rotatable bonds is 1. The molecule has 5 heteroatoms. The van der Waals surface area contributed by atoms with Crippen LogP contribution in [0.4, 0.5) is 10.1 Å². The van der Waals surface area contributed by atoms with Crippen LogP contribution in [0.15, 0.2) is 66.6 Å². The first kappa shape index (κ1) is 18.3. The number of hydrogen-bond acceptors (Lipinski definition) is 3. The Morgan fingerprint density at radius 2 is 2.00 bits per heavy atom. The predicted octanol–water partition coefficient (Wildman–Crippen LogP) is 5.02. The number of benzene rings is 2. The van der Waals surface area contributed by atoms with Crippen LogP contribution >= 0.6 is 0 Å². The molecule has 1 amide bonds. The van der Waals surface area contributed by atoms with E-state index in [2.05, 4.69) is 22.8 Å². The average Bonchev–Trinajstić information content (AvgIpc) is 2.70. The summed E-state index contributed by atoms with van der Waals surface area (Å²) in [4.78, 5) is 12.3. The highest BCUT2D eigenvalue weighted by atomic mass is 19.1. The summed E-state index contributed by atoms with van der Waals surface area (Å²) >= 11 is 0. The van der Waals surface area contributed by atoms with Gasteiger partial charge in [-0.3, -0.25) is 4.79 Å². The van der Waals surface area contributed by atoms with Gasteiger partial charge in [0.1, 0.15) is 11.6 Å². The van der Waals surface area contributed by atoms with E-state index >= 15 is 0 Å². The minimum absolute atomic E-state index is 0.0508. The monoisotopic (exact) mass is 378 g/mol. The number of aliphatic hydroxyl groups excluding tert-OH is 1. The van der Waals surface area contributed by atoms with Crippen molar-refractivity contribution in [3.63, 3.8) is 0 Å². The summed E-state index contributed by atoms with van der Waals surface area (Å²) in [5.41, 5.74) is 3.33. The number of fused-ring (bicyclic) bond motifs is 4. The topological polar surface area (TPSA) is 61.4 Å². The van der Waals surface area contributed by atoms with Gasteiger partial charge in [0.2, 0.25) is 5.91 Å². The zero-order valence-electron chi connectivity index (χ0n) is 15.5. The number of halogens is 1. The third-order valence-electron chi connectivity index (χ3n) is 5.38. The van der Waals surface area contributed by atoms with Gasteiger partial charge in [0, 0.05) is 29.8 Å². The van der Waals surface area contributed by atoms with Crippen LogP contribution in [0, 0.1) is 5.82 Å². The molecule has 0 fully saturated rings. The zero-order chi connectivity index (χ0) is 19.5. The summed E-state index contributed by atoms with van der Waals surface area (Å²) in [7, 11) is 0. The van der Waals surface area contributed by atoms with Crippen molar-refractivity contribution in [2.75, 3.05) is 5.32 Å². The lowest BCUT2D eigenvalue weighted by molar-refractivity contribution is -0.116. The van der Waals surface area contributed by atoms with Gasteiger partial charge in [0.05, 0.1) is 6.04 Å². The molecule has 2 aliphatic heterocycles. The fraction of sp³-hybridized carbons (Fsp3) is 0.261. The molecule has 3 N–H and O–H groups in total. The molecule has 4 rings (SSSR count). The first-order chi connectivity index (χ1) is 13.6. The average molecular weight is 378 g/mol. The van der Waals surface area contributed by atoms with Gasteiger partial charge >= 0.3 is 0 Å². The maximum absolute atomic E-state index is 14.0. The number of carbonyl (C=O) groups excluding carboxylic acids is 1. The van der Waals surface area contributed by atoms with E-state index in [1.807, 2.05) is 18.2 Å². The highest BCUT2D eigenvalue weighted by Gasteiger charge is 2.23. The molecular formula is C23H23FN2O2. The molecule has 2 aliphatic rings. The van der Waals surface area contributed by atoms with Crippen molar-refractivity contribution in [1.82, 2.24) is 5.32 Å². The normalized spacial score (nSPS) is 22.0. The Bertz CT molecular complexity index is 951. The minimum atomic E-state index is -0.334. The van der Waals surface area contributed by atoms with E-state index in [0.717, 1.165) is 30.4 Å². The molecule has 2 atom stereocenters. The lowest BCUT2D eigenvalue weighted by Crippen LogP contribution is -2.31. The molecule has 2 aromatic carbocycles. The van der Waals surface area contributed by atoms with Gasteiger partial charge < -0.3 is 15.7 Å². The van der Waals surface area contributed by atoms with Crippen molar-refractivity contribution in [1.29, 1.82) is 0 Å². The Kier molecular flexibility index (Phi) is 5.15. The Morgan fingerprint density at radius 1 is 1.11 bits per heavy atom. The number of allylic oxidation sites excluding steroid dienone is 1. The second-order valence-electron chi connectivity index (χ2n) is 7.34. The van der Waals surface area contributed by atoms with E-state index in [1.165, 1.54) is 12.1 Å². The molecule has 0 aliphatic carbocycles. The first-order valence-corrected chi connectivity index (χ1v) is 9.63. The fourth-order valence-corrected chi connectivity index (χ4v) is 3.96. The van der Waals surface area contributed by atoms with Crippen molar-refractivity contribution in [2.45, 2.75) is 37.6 Å². The Balaban J connectivity index is 1.77. The molecule has 2 bridgehead atoms. The summed E-state index contributed by atoms with van der Waals surface area (Å²) in [6, 6.07) is 12.6. The second-order valence-corrected chi connectivity index (χ2v) is 7.34. The lowest BCUT2D eigenvalue weighted by atomic mass is 9.84. The zero-order valence-corrected chi connectivity index (χ0v) is 15.5. The van der Waals surface area contributed by atoms with Gasteiger partial charge in [-0.15, -0.1) is 0 Å². The van der Waals surface area contributed by atoms with Crippen LogP contribution in [0.2, 0.25) is 0 Å². The van der Waals surface area contributed by atoms with Crippen molar-refractivity contribution in [3.8, 4) is 11.1 Å². The summed E-state index contributed by atoms with van der Waals surface area (Å²) in [5.74, 6) is 0.00323. The van der Waals surface area contributed by atoms with Crippen LogP contribution in [0.25, 0.3) is 11.1 Å². The van der Waals surface area contributed by atoms with E-state index in [4.69, 9.17) is 0 Å². The van der Waals surface area contributed by atoms with Crippen molar-refractivity contribution >= 4 is 11.6 Å². The van der Waals surface area contributed by atoms with E-state index < -0.39 is 0 Å². The van der Waals surface area contributed by atoms with Gasteiger partial charge in [0.15, 0.2) is 0 Å². The maximum Gasteiger partial charge on any atom is 0.224 e. The highest BCUT2D eigenvalue weighted by molar-refractivity contribution is 5.95. The lowest BCUT2D eigenvalue weighted by Gasteiger charge is -2.28. The van der Waals surface area contributed by atoms with Gasteiger partial charge in [-0.2, -0.15) is 0 Å². The predicted molar refractivity (Wildman–Crippen MR) is 108 cm³/mol. The molecule has 0 saturated carbocycles. The van der Waals surface area contributed by atoms with E-state index in [-0.39, 0.29) is 29.4 Å². The minimum Gasteiger partial charge on any atom is -0.506 e. The number of dihydropyridines is 1. The summed E-state index contributed by atoms with van der Waals surface area (Å²) in [6.45, 7) is 0. The molecule has 28 heavy (non-hydrogen) atoms. The Labute approximate surface area is 163 Å². The van der Waals surface area contributed by atoms with Gasteiger partial charge in [-0.1, -0.05) is 36.8 Å². The molecule has 4 nitrogen and oxygen atoms in total. The van der Waals surface area contributed by atoms with Crippen LogP contribution in [-0.4, -0.2) is 17.1 Å². The van der Waals surface area contributed by atoms with E-state index in [0.29, 0.717) is 17.7 Å². The number of aliphatic hydroxyl groups is 1. The molecule has 0 saturated heterocycles. The van der Waals surface area contributed by atoms with Crippen LogP contribution in [-0.2, 0) is 4.79 Å². The molecule has 0 aromatic heterocycles. The smallest absolute Gasteiger partial charge is 0.224 e. The second kappa shape index (κ2) is 7.89. The summed E-state index contributed by atoms with van der Waals surface area (Å²) in [5, 5.41) is 15.8. The van der Waals surface area contributed by atoms with E-state index in [9.17, 15) is 14.3 Å². The molecule has 2 aromatic rings. The van der Waals surface area contributed by atoms with Crippen LogP contribution in [0.1, 0.15) is 37.2 Å². The number of carbonyl (C=O) groups is 1. The largest absolute Gasteiger partial charge is 0.506 e.